The molecule has 1 unspecified atom stereocenters. The lowest BCUT2D eigenvalue weighted by Gasteiger charge is -2.18. The van der Waals surface area contributed by atoms with Crippen molar-refractivity contribution in [1.82, 2.24) is 0 Å². The minimum atomic E-state index is -0.795. The van der Waals surface area contributed by atoms with E-state index in [0.29, 0.717) is 19.3 Å². The molecule has 0 fully saturated rings. The molecule has 6 nitrogen and oxygen atoms in total. The van der Waals surface area contributed by atoms with Crippen molar-refractivity contribution in [2.75, 3.05) is 13.2 Å². The Kier molecular flexibility index (Phi) is 50.9. The van der Waals surface area contributed by atoms with Crippen LogP contribution in [0.3, 0.4) is 0 Å². The number of ether oxygens (including phenoxy) is 3. The largest absolute Gasteiger partial charge is 0.462 e. The third kappa shape index (κ3) is 51.7. The molecule has 1 atom stereocenters. The fourth-order valence-electron chi connectivity index (χ4n) is 7.62. The summed E-state index contributed by atoms with van der Waals surface area (Å²) in [6.45, 7) is 6.47. The summed E-state index contributed by atoms with van der Waals surface area (Å²) >= 11 is 0. The van der Waals surface area contributed by atoms with Crippen LogP contribution in [0.15, 0.2) is 72.9 Å². The number of unbranched alkanes of at least 4 members (excludes halogenated alkanes) is 29. The smallest absolute Gasteiger partial charge is 0.306 e. The van der Waals surface area contributed by atoms with Crippen molar-refractivity contribution in [3.63, 3.8) is 0 Å². The summed E-state index contributed by atoms with van der Waals surface area (Å²) in [5.41, 5.74) is 0. The van der Waals surface area contributed by atoms with Gasteiger partial charge in [0.05, 0.1) is 0 Å². The summed E-state index contributed by atoms with van der Waals surface area (Å²) in [6.07, 6.45) is 67.5. The Bertz CT molecular complexity index is 1230. The maximum Gasteiger partial charge on any atom is 0.306 e. The Labute approximate surface area is 402 Å². The average Bonchev–Trinajstić information content (AvgIpc) is 3.30. The first-order valence-electron chi connectivity index (χ1n) is 27.5. The highest BCUT2D eigenvalue weighted by Crippen LogP contribution is 2.15. The van der Waals surface area contributed by atoms with Crippen molar-refractivity contribution >= 4 is 17.9 Å². The summed E-state index contributed by atoms with van der Waals surface area (Å²) < 4.78 is 16.8. The fraction of sp³-hybridized carbons (Fsp3) is 0.746. The first-order valence-corrected chi connectivity index (χ1v) is 27.5. The molecule has 6 heteroatoms. The van der Waals surface area contributed by atoms with Crippen LogP contribution in [0.25, 0.3) is 0 Å². The van der Waals surface area contributed by atoms with Gasteiger partial charge in [-0.15, -0.1) is 0 Å². The highest BCUT2D eigenvalue weighted by molar-refractivity contribution is 5.71. The molecule has 374 valence electrons. The molecular formula is C59H102O6. The van der Waals surface area contributed by atoms with E-state index in [9.17, 15) is 14.4 Å². The Morgan fingerprint density at radius 3 is 1.00 bits per heavy atom. The van der Waals surface area contributed by atoms with Gasteiger partial charge >= 0.3 is 17.9 Å². The van der Waals surface area contributed by atoms with E-state index in [0.717, 1.165) is 96.3 Å². The second kappa shape index (κ2) is 53.5. The Morgan fingerprint density at radius 2 is 0.615 bits per heavy atom. The van der Waals surface area contributed by atoms with Crippen LogP contribution in [0, 0.1) is 0 Å². The third-order valence-corrected chi connectivity index (χ3v) is 11.8. The Hall–Kier alpha value is -3.15. The summed E-state index contributed by atoms with van der Waals surface area (Å²) in [6, 6.07) is 0. The highest BCUT2D eigenvalue weighted by atomic mass is 16.6. The van der Waals surface area contributed by atoms with Crippen LogP contribution in [-0.4, -0.2) is 37.2 Å². The van der Waals surface area contributed by atoms with Gasteiger partial charge in [-0.2, -0.15) is 0 Å². The maximum absolute atomic E-state index is 12.8. The summed E-state index contributed by atoms with van der Waals surface area (Å²) in [5.74, 6) is -0.931. The number of allylic oxidation sites excluding steroid dienone is 12. The molecule has 0 amide bonds. The summed E-state index contributed by atoms with van der Waals surface area (Å²) in [5, 5.41) is 0. The van der Waals surface area contributed by atoms with E-state index in [1.54, 1.807) is 0 Å². The topological polar surface area (TPSA) is 78.9 Å². The molecule has 0 rings (SSSR count). The van der Waals surface area contributed by atoms with Crippen LogP contribution >= 0.6 is 0 Å². The van der Waals surface area contributed by atoms with Crippen molar-refractivity contribution in [1.29, 1.82) is 0 Å². The lowest BCUT2D eigenvalue weighted by molar-refractivity contribution is -0.167. The van der Waals surface area contributed by atoms with E-state index >= 15 is 0 Å². The second-order valence-corrected chi connectivity index (χ2v) is 18.2. The molecule has 0 N–H and O–H groups in total. The molecule has 65 heavy (non-hydrogen) atoms. The predicted molar refractivity (Wildman–Crippen MR) is 279 cm³/mol. The van der Waals surface area contributed by atoms with Gasteiger partial charge in [0, 0.05) is 19.3 Å². The van der Waals surface area contributed by atoms with Crippen molar-refractivity contribution in [2.45, 2.75) is 271 Å². The van der Waals surface area contributed by atoms with Crippen molar-refractivity contribution in [3.05, 3.63) is 72.9 Å². The van der Waals surface area contributed by atoms with E-state index in [2.05, 4.69) is 75.5 Å². The molecule has 0 aromatic heterocycles. The zero-order valence-electron chi connectivity index (χ0n) is 42.7. The molecule has 0 aliphatic rings. The molecule has 0 aromatic carbocycles. The van der Waals surface area contributed by atoms with Crippen LogP contribution in [0.2, 0.25) is 0 Å². The molecule has 0 saturated heterocycles. The number of carbonyl (C=O) groups excluding carboxylic acids is 3. The standard InChI is InChI=1S/C59H102O6/c1-4-7-10-13-16-19-22-25-27-28-29-30-32-34-37-40-43-46-49-52-58(61)64-55-56(54-63-57(60)51-48-45-42-39-36-33-24-21-18-15-12-9-6-3)65-59(62)53-50-47-44-41-38-35-31-26-23-20-17-14-11-8-5-2/h8,11,14,17,20,23,26,28-29,31,33,36,56H,4-7,9-10,12-13,15-16,18-19,21-22,24-25,27,30,32,34-35,37-55H2,1-3H3/b11-8-,17-14-,23-20-,29-28-,31-26-,36-33-. The quantitative estimate of drug-likeness (QED) is 0.0199. The first-order chi connectivity index (χ1) is 32.0. The van der Waals surface area contributed by atoms with E-state index in [-0.39, 0.29) is 31.1 Å². The lowest BCUT2D eigenvalue weighted by atomic mass is 10.1. The van der Waals surface area contributed by atoms with E-state index in [4.69, 9.17) is 14.2 Å². The molecule has 0 radical (unpaired) electrons. The van der Waals surface area contributed by atoms with Gasteiger partial charge in [-0.1, -0.05) is 229 Å². The van der Waals surface area contributed by atoms with E-state index in [1.165, 1.54) is 128 Å². The SMILES string of the molecule is CC\C=C/C=C\C=C/C=C\CCCCCCCC(=O)OC(COC(=O)CCCCC/C=C\CCCCCCCC)COC(=O)CCCCCCCCC/C=C\CCCCCCCCCC. The number of esters is 3. The van der Waals surface area contributed by atoms with Crippen LogP contribution in [0.1, 0.15) is 265 Å². The molecule has 0 spiro atoms. The molecule has 0 aliphatic carbocycles. The van der Waals surface area contributed by atoms with Crippen LogP contribution in [0.4, 0.5) is 0 Å². The number of hydrogen-bond donors (Lipinski definition) is 0. The van der Waals surface area contributed by atoms with E-state index < -0.39 is 6.10 Å². The zero-order chi connectivity index (χ0) is 47.2. The van der Waals surface area contributed by atoms with Gasteiger partial charge in [0.15, 0.2) is 6.10 Å². The van der Waals surface area contributed by atoms with Crippen molar-refractivity contribution < 1.29 is 28.6 Å². The van der Waals surface area contributed by atoms with Crippen LogP contribution in [-0.2, 0) is 28.6 Å². The van der Waals surface area contributed by atoms with Gasteiger partial charge in [-0.3, -0.25) is 14.4 Å². The molecule has 0 aromatic rings. The number of carbonyl (C=O) groups is 3. The zero-order valence-corrected chi connectivity index (χ0v) is 42.7. The van der Waals surface area contributed by atoms with Gasteiger partial charge in [0.2, 0.25) is 0 Å². The van der Waals surface area contributed by atoms with E-state index in [1.807, 2.05) is 18.2 Å². The number of rotatable bonds is 49. The van der Waals surface area contributed by atoms with Crippen molar-refractivity contribution in [3.8, 4) is 0 Å². The molecule has 0 aliphatic heterocycles. The normalized spacial score (nSPS) is 12.6. The summed E-state index contributed by atoms with van der Waals surface area (Å²) in [4.78, 5) is 38.0. The predicted octanol–water partition coefficient (Wildman–Crippen LogP) is 18.2. The van der Waals surface area contributed by atoms with Gasteiger partial charge in [-0.25, -0.2) is 0 Å². The fourth-order valence-corrected chi connectivity index (χ4v) is 7.62. The molecule has 0 bridgehead atoms. The number of hydrogen-bond acceptors (Lipinski definition) is 6. The highest BCUT2D eigenvalue weighted by Gasteiger charge is 2.19. The lowest BCUT2D eigenvalue weighted by Crippen LogP contribution is -2.30. The first kappa shape index (κ1) is 61.9. The third-order valence-electron chi connectivity index (χ3n) is 11.8. The summed E-state index contributed by atoms with van der Waals surface area (Å²) in [7, 11) is 0. The molecule has 0 saturated carbocycles. The van der Waals surface area contributed by atoms with Gasteiger partial charge in [-0.05, 0) is 89.9 Å². The maximum atomic E-state index is 12.8. The Morgan fingerprint density at radius 1 is 0.323 bits per heavy atom. The average molecular weight is 907 g/mol. The monoisotopic (exact) mass is 907 g/mol. The minimum Gasteiger partial charge on any atom is -0.462 e. The van der Waals surface area contributed by atoms with Crippen LogP contribution < -0.4 is 0 Å². The Balaban J connectivity index is 4.41. The molecular weight excluding hydrogens is 805 g/mol. The van der Waals surface area contributed by atoms with Crippen molar-refractivity contribution in [2.24, 2.45) is 0 Å². The van der Waals surface area contributed by atoms with Gasteiger partial charge < -0.3 is 14.2 Å². The van der Waals surface area contributed by atoms with Gasteiger partial charge in [0.1, 0.15) is 13.2 Å². The molecule has 0 heterocycles. The van der Waals surface area contributed by atoms with Crippen LogP contribution in [0.5, 0.6) is 0 Å². The second-order valence-electron chi connectivity index (χ2n) is 18.2. The van der Waals surface area contributed by atoms with Gasteiger partial charge in [0.25, 0.3) is 0 Å². The minimum absolute atomic E-state index is 0.0919.